The first-order valence-electron chi connectivity index (χ1n) is 6.93. The largest absolute Gasteiger partial charge is 0.396 e. The maximum atomic E-state index is 12.3. The number of hydrogen-bond donors (Lipinski definition) is 2. The van der Waals surface area contributed by atoms with Crippen LogP contribution in [-0.2, 0) is 10.0 Å². The molecular weight excluding hydrogens is 294 g/mol. The van der Waals surface area contributed by atoms with Crippen molar-refractivity contribution in [2.75, 3.05) is 13.2 Å². The molecule has 1 unspecified atom stereocenters. The van der Waals surface area contributed by atoms with E-state index >= 15 is 0 Å². The fourth-order valence-corrected chi connectivity index (χ4v) is 5.00. The average molecular weight is 319 g/mol. The third-order valence-electron chi connectivity index (χ3n) is 3.19. The predicted octanol–water partition coefficient (Wildman–Crippen LogP) is 2.69. The van der Waals surface area contributed by atoms with Crippen LogP contribution in [0.25, 0.3) is 0 Å². The second kappa shape index (κ2) is 7.54. The van der Waals surface area contributed by atoms with Gasteiger partial charge in [0.05, 0.1) is 4.90 Å². The van der Waals surface area contributed by atoms with Crippen molar-refractivity contribution in [3.05, 3.63) is 15.8 Å². The fraction of sp³-hybridized carbons (Fsp3) is 0.714. The quantitative estimate of drug-likeness (QED) is 0.774. The van der Waals surface area contributed by atoms with Gasteiger partial charge < -0.3 is 5.11 Å². The molecule has 2 N–H and O–H groups in total. The summed E-state index contributed by atoms with van der Waals surface area (Å²) in [6, 6.07) is 1.71. The highest BCUT2D eigenvalue weighted by molar-refractivity contribution is 7.89. The van der Waals surface area contributed by atoms with Crippen LogP contribution in [-0.4, -0.2) is 26.7 Å². The second-order valence-corrected chi connectivity index (χ2v) is 8.83. The van der Waals surface area contributed by atoms with Gasteiger partial charge in [0.15, 0.2) is 0 Å². The Balaban J connectivity index is 2.73. The molecule has 1 rings (SSSR count). The maximum absolute atomic E-state index is 12.3. The van der Waals surface area contributed by atoms with Gasteiger partial charge in [-0.15, -0.1) is 11.3 Å². The monoisotopic (exact) mass is 319 g/mol. The van der Waals surface area contributed by atoms with Crippen molar-refractivity contribution in [1.29, 1.82) is 0 Å². The molecular formula is C14H25NO3S2. The van der Waals surface area contributed by atoms with Gasteiger partial charge in [0, 0.05) is 22.9 Å². The van der Waals surface area contributed by atoms with Gasteiger partial charge in [0.1, 0.15) is 0 Å². The van der Waals surface area contributed by atoms with Gasteiger partial charge in [-0.25, -0.2) is 13.1 Å². The van der Waals surface area contributed by atoms with Gasteiger partial charge in [0.25, 0.3) is 0 Å². The molecule has 0 aliphatic heterocycles. The minimum absolute atomic E-state index is 0.0930. The van der Waals surface area contributed by atoms with Crippen LogP contribution in [0.2, 0.25) is 0 Å². The fourth-order valence-electron chi connectivity index (χ4n) is 2.33. The summed E-state index contributed by atoms with van der Waals surface area (Å²) in [6.07, 6.45) is 1.53. The zero-order chi connectivity index (χ0) is 15.3. The van der Waals surface area contributed by atoms with Crippen molar-refractivity contribution < 1.29 is 13.5 Å². The summed E-state index contributed by atoms with van der Waals surface area (Å²) < 4.78 is 27.3. The highest BCUT2D eigenvalue weighted by atomic mass is 32.2. The lowest BCUT2D eigenvalue weighted by Crippen LogP contribution is -2.30. The summed E-state index contributed by atoms with van der Waals surface area (Å²) in [4.78, 5) is 2.20. The van der Waals surface area contributed by atoms with Gasteiger partial charge in [-0.1, -0.05) is 13.8 Å². The van der Waals surface area contributed by atoms with Crippen LogP contribution < -0.4 is 4.72 Å². The third kappa shape index (κ3) is 5.16. The SMILES string of the molecule is Cc1cc(S(=O)(=O)NCC(CCO)CC(C)C)c(C)s1. The first-order chi connectivity index (χ1) is 9.26. The van der Waals surface area contributed by atoms with Crippen LogP contribution >= 0.6 is 11.3 Å². The molecule has 0 saturated heterocycles. The first kappa shape index (κ1) is 17.6. The van der Waals surface area contributed by atoms with E-state index in [0.29, 0.717) is 23.8 Å². The van der Waals surface area contributed by atoms with Crippen molar-refractivity contribution >= 4 is 21.4 Å². The molecule has 116 valence electrons. The summed E-state index contributed by atoms with van der Waals surface area (Å²) in [5.74, 6) is 0.663. The summed E-state index contributed by atoms with van der Waals surface area (Å²) in [7, 11) is -3.44. The Bertz CT molecular complexity index is 521. The van der Waals surface area contributed by atoms with E-state index in [1.165, 1.54) is 11.3 Å². The zero-order valence-electron chi connectivity index (χ0n) is 12.6. The number of thiophene rings is 1. The van der Waals surface area contributed by atoms with Gasteiger partial charge in [-0.3, -0.25) is 0 Å². The van der Waals surface area contributed by atoms with Crippen LogP contribution in [0, 0.1) is 25.7 Å². The predicted molar refractivity (Wildman–Crippen MR) is 83.6 cm³/mol. The molecule has 0 radical (unpaired) electrons. The van der Waals surface area contributed by atoms with Crippen molar-refractivity contribution in [1.82, 2.24) is 4.72 Å². The molecule has 0 bridgehead atoms. The molecule has 0 aromatic carbocycles. The van der Waals surface area contributed by atoms with E-state index in [1.54, 1.807) is 6.07 Å². The number of hydrogen-bond acceptors (Lipinski definition) is 4. The number of nitrogens with one attached hydrogen (secondary N) is 1. The minimum atomic E-state index is -3.44. The van der Waals surface area contributed by atoms with Crippen molar-refractivity contribution in [3.8, 4) is 0 Å². The molecule has 1 heterocycles. The normalized spacial score (nSPS) is 13.9. The number of aliphatic hydroxyl groups excluding tert-OH is 1. The van der Waals surface area contributed by atoms with E-state index in [2.05, 4.69) is 18.6 Å². The van der Waals surface area contributed by atoms with E-state index in [-0.39, 0.29) is 12.5 Å². The number of aryl methyl sites for hydroxylation is 2. The molecule has 4 nitrogen and oxygen atoms in total. The Morgan fingerprint density at radius 1 is 1.35 bits per heavy atom. The van der Waals surface area contributed by atoms with Crippen LogP contribution in [0.1, 0.15) is 36.4 Å². The molecule has 20 heavy (non-hydrogen) atoms. The molecule has 0 aliphatic rings. The molecule has 1 atom stereocenters. The van der Waals surface area contributed by atoms with E-state index in [0.717, 1.165) is 16.2 Å². The highest BCUT2D eigenvalue weighted by Gasteiger charge is 2.21. The number of aliphatic hydroxyl groups is 1. The Morgan fingerprint density at radius 3 is 2.45 bits per heavy atom. The van der Waals surface area contributed by atoms with Crippen LogP contribution in [0.3, 0.4) is 0 Å². The Labute approximate surface area is 126 Å². The average Bonchev–Trinajstić information content (AvgIpc) is 2.66. The molecule has 0 fully saturated rings. The molecule has 0 spiro atoms. The number of sulfonamides is 1. The smallest absolute Gasteiger partial charge is 0.241 e. The van der Waals surface area contributed by atoms with Crippen LogP contribution in [0.5, 0.6) is 0 Å². The van der Waals surface area contributed by atoms with E-state index in [1.807, 2.05) is 13.8 Å². The molecule has 0 aliphatic carbocycles. The summed E-state index contributed by atoms with van der Waals surface area (Å²) in [6.45, 7) is 8.41. The topological polar surface area (TPSA) is 66.4 Å². The molecule has 1 aromatic rings. The van der Waals surface area contributed by atoms with Crippen molar-refractivity contribution in [2.45, 2.75) is 45.4 Å². The molecule has 1 aromatic heterocycles. The van der Waals surface area contributed by atoms with Gasteiger partial charge in [0.2, 0.25) is 10.0 Å². The lowest BCUT2D eigenvalue weighted by atomic mass is 9.95. The summed E-state index contributed by atoms with van der Waals surface area (Å²) in [5.41, 5.74) is 0. The van der Waals surface area contributed by atoms with Crippen molar-refractivity contribution in [3.63, 3.8) is 0 Å². The minimum Gasteiger partial charge on any atom is -0.396 e. The van der Waals surface area contributed by atoms with E-state index in [4.69, 9.17) is 5.11 Å². The van der Waals surface area contributed by atoms with Crippen molar-refractivity contribution in [2.24, 2.45) is 11.8 Å². The van der Waals surface area contributed by atoms with Crippen LogP contribution in [0.4, 0.5) is 0 Å². The van der Waals surface area contributed by atoms with Gasteiger partial charge >= 0.3 is 0 Å². The first-order valence-corrected chi connectivity index (χ1v) is 9.23. The second-order valence-electron chi connectivity index (χ2n) is 5.64. The zero-order valence-corrected chi connectivity index (χ0v) is 14.3. The highest BCUT2D eigenvalue weighted by Crippen LogP contribution is 2.25. The molecule has 6 heteroatoms. The van der Waals surface area contributed by atoms with E-state index < -0.39 is 10.0 Å². The maximum Gasteiger partial charge on any atom is 0.241 e. The van der Waals surface area contributed by atoms with Crippen LogP contribution in [0.15, 0.2) is 11.0 Å². The molecule has 0 amide bonds. The van der Waals surface area contributed by atoms with Gasteiger partial charge in [-0.05, 0) is 44.6 Å². The van der Waals surface area contributed by atoms with E-state index in [9.17, 15) is 8.42 Å². The molecule has 0 saturated carbocycles. The summed E-state index contributed by atoms with van der Waals surface area (Å²) >= 11 is 1.49. The lowest BCUT2D eigenvalue weighted by Gasteiger charge is -2.18. The summed E-state index contributed by atoms with van der Waals surface area (Å²) in [5, 5.41) is 9.07. The Hall–Kier alpha value is -0.430. The lowest BCUT2D eigenvalue weighted by molar-refractivity contribution is 0.243. The number of rotatable bonds is 8. The van der Waals surface area contributed by atoms with Gasteiger partial charge in [-0.2, -0.15) is 0 Å². The third-order valence-corrected chi connectivity index (χ3v) is 5.83. The standard InChI is InChI=1S/C14H25NO3S2/c1-10(2)7-13(5-6-16)9-15-20(17,18)14-8-11(3)19-12(14)4/h8,10,13,15-16H,5-7,9H2,1-4H3. The Morgan fingerprint density at radius 2 is 2.00 bits per heavy atom. The Kier molecular flexibility index (Phi) is 6.64.